The largest absolute Gasteiger partial charge is 0.497 e. The van der Waals surface area contributed by atoms with Crippen LogP contribution in [0.3, 0.4) is 0 Å². The van der Waals surface area contributed by atoms with Gasteiger partial charge in [-0.25, -0.2) is 4.39 Å². The number of anilines is 2. The Labute approximate surface area is 111 Å². The molecule has 0 N–H and O–H groups in total. The summed E-state index contributed by atoms with van der Waals surface area (Å²) in [4.78, 5) is 1.84. The van der Waals surface area contributed by atoms with E-state index in [9.17, 15) is 4.39 Å². The number of nitrogens with zero attached hydrogens (tertiary/aromatic N) is 2. The molecule has 2 rings (SSSR count). The second kappa shape index (κ2) is 5.40. The van der Waals surface area contributed by atoms with Gasteiger partial charge in [-0.1, -0.05) is 0 Å². The third-order valence-corrected chi connectivity index (χ3v) is 2.92. The van der Waals surface area contributed by atoms with Crippen LogP contribution in [0.15, 0.2) is 42.5 Å². The standard InChI is InChI=1S/C15H13FN2O/c1-18(12-5-7-14(19-2)8-6-12)13-4-3-11(10-17)15(16)9-13/h3-9H,1-2H3. The van der Waals surface area contributed by atoms with Gasteiger partial charge in [0.2, 0.25) is 0 Å². The molecule has 0 aliphatic heterocycles. The Morgan fingerprint density at radius 3 is 2.26 bits per heavy atom. The van der Waals surface area contributed by atoms with Crippen LogP contribution in [0.2, 0.25) is 0 Å². The van der Waals surface area contributed by atoms with Crippen LogP contribution >= 0.6 is 0 Å². The van der Waals surface area contributed by atoms with E-state index in [1.54, 1.807) is 19.2 Å². The van der Waals surface area contributed by atoms with Gasteiger partial charge in [-0.3, -0.25) is 0 Å². The monoisotopic (exact) mass is 256 g/mol. The number of hydrogen-bond donors (Lipinski definition) is 0. The van der Waals surface area contributed by atoms with E-state index in [0.717, 1.165) is 11.4 Å². The SMILES string of the molecule is COc1ccc(N(C)c2ccc(C#N)c(F)c2)cc1. The molecule has 0 unspecified atom stereocenters. The van der Waals surface area contributed by atoms with Gasteiger partial charge in [0.25, 0.3) is 0 Å². The van der Waals surface area contributed by atoms with E-state index in [0.29, 0.717) is 5.69 Å². The van der Waals surface area contributed by atoms with Gasteiger partial charge in [-0.15, -0.1) is 0 Å². The lowest BCUT2D eigenvalue weighted by molar-refractivity contribution is 0.415. The molecule has 0 aromatic heterocycles. The Kier molecular flexibility index (Phi) is 3.67. The Morgan fingerprint density at radius 2 is 1.74 bits per heavy atom. The Bertz CT molecular complexity index is 617. The lowest BCUT2D eigenvalue weighted by Crippen LogP contribution is -2.09. The molecule has 0 fully saturated rings. The number of nitriles is 1. The molecular weight excluding hydrogens is 243 g/mol. The molecule has 0 aliphatic rings. The fourth-order valence-electron chi connectivity index (χ4n) is 1.76. The fourth-order valence-corrected chi connectivity index (χ4v) is 1.76. The Morgan fingerprint density at radius 1 is 1.11 bits per heavy atom. The summed E-state index contributed by atoms with van der Waals surface area (Å²) in [5, 5.41) is 8.71. The molecule has 4 heteroatoms. The molecule has 2 aromatic carbocycles. The van der Waals surface area contributed by atoms with E-state index in [1.165, 1.54) is 12.1 Å². The molecule has 96 valence electrons. The highest BCUT2D eigenvalue weighted by molar-refractivity contribution is 5.63. The molecule has 0 heterocycles. The predicted molar refractivity (Wildman–Crippen MR) is 72.2 cm³/mol. The van der Waals surface area contributed by atoms with E-state index in [2.05, 4.69) is 0 Å². The lowest BCUT2D eigenvalue weighted by Gasteiger charge is -2.20. The summed E-state index contributed by atoms with van der Waals surface area (Å²) < 4.78 is 18.7. The number of benzene rings is 2. The average molecular weight is 256 g/mol. The maximum atomic E-state index is 13.6. The zero-order valence-electron chi connectivity index (χ0n) is 10.7. The second-order valence-electron chi connectivity index (χ2n) is 4.03. The van der Waals surface area contributed by atoms with E-state index in [-0.39, 0.29) is 5.56 Å². The van der Waals surface area contributed by atoms with Crippen molar-refractivity contribution in [3.8, 4) is 11.8 Å². The van der Waals surface area contributed by atoms with Gasteiger partial charge < -0.3 is 9.64 Å². The van der Waals surface area contributed by atoms with Crippen molar-refractivity contribution in [1.82, 2.24) is 0 Å². The third kappa shape index (κ3) is 2.66. The van der Waals surface area contributed by atoms with Crippen LogP contribution in [0.1, 0.15) is 5.56 Å². The zero-order valence-corrected chi connectivity index (χ0v) is 10.7. The minimum atomic E-state index is -0.514. The van der Waals surface area contributed by atoms with Gasteiger partial charge in [-0.05, 0) is 42.5 Å². The maximum absolute atomic E-state index is 13.6. The average Bonchev–Trinajstić information content (AvgIpc) is 2.46. The molecule has 0 atom stereocenters. The van der Waals surface area contributed by atoms with Crippen molar-refractivity contribution in [2.24, 2.45) is 0 Å². The number of halogens is 1. The first-order valence-corrected chi connectivity index (χ1v) is 5.73. The summed E-state index contributed by atoms with van der Waals surface area (Å²) in [6.45, 7) is 0. The van der Waals surface area contributed by atoms with Crippen LogP contribution in [0, 0.1) is 17.1 Å². The number of ether oxygens (including phenoxy) is 1. The molecule has 0 aliphatic carbocycles. The van der Waals surface area contributed by atoms with Crippen molar-refractivity contribution in [3.63, 3.8) is 0 Å². The number of hydrogen-bond acceptors (Lipinski definition) is 3. The van der Waals surface area contributed by atoms with E-state index < -0.39 is 5.82 Å². The van der Waals surface area contributed by atoms with Crippen molar-refractivity contribution in [3.05, 3.63) is 53.8 Å². The van der Waals surface area contributed by atoms with Gasteiger partial charge in [0.1, 0.15) is 17.6 Å². The highest BCUT2D eigenvalue weighted by Crippen LogP contribution is 2.26. The Hall–Kier alpha value is -2.54. The first-order valence-electron chi connectivity index (χ1n) is 5.73. The minimum absolute atomic E-state index is 0.0480. The van der Waals surface area contributed by atoms with Crippen molar-refractivity contribution < 1.29 is 9.13 Å². The van der Waals surface area contributed by atoms with Gasteiger partial charge in [0.15, 0.2) is 0 Å². The molecular formula is C15H13FN2O. The molecule has 0 saturated heterocycles. The van der Waals surface area contributed by atoms with Gasteiger partial charge in [0, 0.05) is 18.4 Å². The first kappa shape index (κ1) is 12.9. The second-order valence-corrected chi connectivity index (χ2v) is 4.03. The van der Waals surface area contributed by atoms with Crippen molar-refractivity contribution in [2.75, 3.05) is 19.1 Å². The quantitative estimate of drug-likeness (QED) is 0.843. The van der Waals surface area contributed by atoms with Gasteiger partial charge in [-0.2, -0.15) is 5.26 Å². The van der Waals surface area contributed by atoms with Crippen molar-refractivity contribution in [2.45, 2.75) is 0 Å². The van der Waals surface area contributed by atoms with E-state index >= 15 is 0 Å². The summed E-state index contributed by atoms with van der Waals surface area (Å²) >= 11 is 0. The molecule has 3 nitrogen and oxygen atoms in total. The Balaban J connectivity index is 2.30. The summed E-state index contributed by atoms with van der Waals surface area (Å²) in [5.41, 5.74) is 1.64. The molecule has 2 aromatic rings. The van der Waals surface area contributed by atoms with Crippen LogP contribution < -0.4 is 9.64 Å². The summed E-state index contributed by atoms with van der Waals surface area (Å²) in [6, 6.07) is 13.8. The molecule has 0 saturated carbocycles. The normalized spacial score (nSPS) is 9.79. The lowest BCUT2D eigenvalue weighted by atomic mass is 10.2. The van der Waals surface area contributed by atoms with Crippen molar-refractivity contribution in [1.29, 1.82) is 5.26 Å². The molecule has 0 spiro atoms. The highest BCUT2D eigenvalue weighted by Gasteiger charge is 2.08. The van der Waals surface area contributed by atoms with Crippen LogP contribution in [0.4, 0.5) is 15.8 Å². The minimum Gasteiger partial charge on any atom is -0.497 e. The molecule has 0 amide bonds. The predicted octanol–water partition coefficient (Wildman–Crippen LogP) is 3.47. The van der Waals surface area contributed by atoms with E-state index in [1.807, 2.05) is 36.2 Å². The summed E-state index contributed by atoms with van der Waals surface area (Å²) in [7, 11) is 3.44. The summed E-state index contributed by atoms with van der Waals surface area (Å²) in [5.74, 6) is 0.253. The number of methoxy groups -OCH3 is 1. The molecule has 0 radical (unpaired) electrons. The topological polar surface area (TPSA) is 36.3 Å². The smallest absolute Gasteiger partial charge is 0.143 e. The summed E-state index contributed by atoms with van der Waals surface area (Å²) in [6.07, 6.45) is 0. The first-order chi connectivity index (χ1) is 9.15. The van der Waals surface area contributed by atoms with Crippen molar-refractivity contribution >= 4 is 11.4 Å². The zero-order chi connectivity index (χ0) is 13.8. The van der Waals surface area contributed by atoms with Crippen LogP contribution in [0.25, 0.3) is 0 Å². The maximum Gasteiger partial charge on any atom is 0.143 e. The van der Waals surface area contributed by atoms with Gasteiger partial charge in [0.05, 0.1) is 12.7 Å². The van der Waals surface area contributed by atoms with Gasteiger partial charge >= 0.3 is 0 Å². The fraction of sp³-hybridized carbons (Fsp3) is 0.133. The number of rotatable bonds is 3. The highest BCUT2D eigenvalue weighted by atomic mass is 19.1. The van der Waals surface area contributed by atoms with Crippen LogP contribution in [-0.4, -0.2) is 14.2 Å². The van der Waals surface area contributed by atoms with Crippen LogP contribution in [-0.2, 0) is 0 Å². The molecule has 0 bridgehead atoms. The molecule has 19 heavy (non-hydrogen) atoms. The van der Waals surface area contributed by atoms with Crippen LogP contribution in [0.5, 0.6) is 5.75 Å². The third-order valence-electron chi connectivity index (χ3n) is 2.92. The van der Waals surface area contributed by atoms with E-state index in [4.69, 9.17) is 10.00 Å².